The van der Waals surface area contributed by atoms with Gasteiger partial charge in [0.1, 0.15) is 5.69 Å². The molecule has 0 saturated carbocycles. The number of benzene rings is 1. The van der Waals surface area contributed by atoms with E-state index < -0.39 is 0 Å². The van der Waals surface area contributed by atoms with E-state index in [-0.39, 0.29) is 6.23 Å². The first-order valence-electron chi connectivity index (χ1n) is 6.46. The van der Waals surface area contributed by atoms with E-state index in [1.807, 2.05) is 44.2 Å². The predicted molar refractivity (Wildman–Crippen MR) is 77.7 cm³/mol. The Morgan fingerprint density at radius 2 is 1.80 bits per heavy atom. The summed E-state index contributed by atoms with van der Waals surface area (Å²) in [5.41, 5.74) is 9.92. The second kappa shape index (κ2) is 6.63. The summed E-state index contributed by atoms with van der Waals surface area (Å²) in [5, 5.41) is 0. The highest BCUT2D eigenvalue weighted by molar-refractivity contribution is 6.00. The number of nitrogens with two attached hydrogens (primary N) is 1. The zero-order valence-corrected chi connectivity index (χ0v) is 11.4. The minimum Gasteiger partial charge on any atom is -0.382 e. The molecular weight excluding hydrogens is 254 g/mol. The zero-order valence-electron chi connectivity index (χ0n) is 11.4. The summed E-state index contributed by atoms with van der Waals surface area (Å²) in [7, 11) is 0. The largest absolute Gasteiger partial charge is 0.382 e. The van der Waals surface area contributed by atoms with Crippen LogP contribution >= 0.6 is 0 Å². The fraction of sp³-hybridized carbons (Fsp3) is 0.214. The SMILES string of the molecule is CC.Nc1nccnc1C1=NC(c2ccccc2)ON1. The van der Waals surface area contributed by atoms with Crippen LogP contribution in [0.1, 0.15) is 31.3 Å². The Morgan fingerprint density at radius 1 is 1.10 bits per heavy atom. The van der Waals surface area contributed by atoms with E-state index in [9.17, 15) is 0 Å². The van der Waals surface area contributed by atoms with Crippen LogP contribution in [0.15, 0.2) is 47.7 Å². The van der Waals surface area contributed by atoms with Crippen LogP contribution in [-0.2, 0) is 4.84 Å². The Hall–Kier alpha value is -2.47. The number of hydrogen-bond acceptors (Lipinski definition) is 6. The van der Waals surface area contributed by atoms with Gasteiger partial charge in [0.15, 0.2) is 11.7 Å². The van der Waals surface area contributed by atoms with E-state index >= 15 is 0 Å². The minimum absolute atomic E-state index is 0.320. The molecule has 0 radical (unpaired) electrons. The van der Waals surface area contributed by atoms with Gasteiger partial charge in [-0.3, -0.25) is 0 Å². The lowest BCUT2D eigenvalue weighted by atomic mass is 10.2. The molecule has 104 valence electrons. The maximum atomic E-state index is 5.73. The highest BCUT2D eigenvalue weighted by Crippen LogP contribution is 2.23. The summed E-state index contributed by atoms with van der Waals surface area (Å²) in [4.78, 5) is 17.9. The van der Waals surface area contributed by atoms with Crippen LogP contribution in [0.3, 0.4) is 0 Å². The van der Waals surface area contributed by atoms with Crippen molar-refractivity contribution in [1.29, 1.82) is 0 Å². The van der Waals surface area contributed by atoms with E-state index in [0.29, 0.717) is 17.3 Å². The van der Waals surface area contributed by atoms with E-state index in [2.05, 4.69) is 20.4 Å². The van der Waals surface area contributed by atoms with Crippen LogP contribution in [0.2, 0.25) is 0 Å². The molecule has 3 rings (SSSR count). The third-order valence-electron chi connectivity index (χ3n) is 2.55. The number of aliphatic imine (C=N–C) groups is 1. The smallest absolute Gasteiger partial charge is 0.202 e. The molecule has 1 aromatic carbocycles. The Morgan fingerprint density at radius 3 is 2.50 bits per heavy atom. The third-order valence-corrected chi connectivity index (χ3v) is 2.55. The first kappa shape index (κ1) is 14.0. The van der Waals surface area contributed by atoms with Gasteiger partial charge in [-0.15, -0.1) is 0 Å². The van der Waals surface area contributed by atoms with Gasteiger partial charge in [0, 0.05) is 18.0 Å². The standard InChI is InChI=1S/C12H11N5O.C2H6/c13-10-9(14-6-7-15-10)11-16-12(18-17-11)8-4-2-1-3-5-8;1-2/h1-7,12H,(H2,13,15)(H,16,17);1-2H3. The zero-order chi connectivity index (χ0) is 14.4. The Balaban J connectivity index is 0.000000704. The third kappa shape index (κ3) is 2.92. The average molecular weight is 271 g/mol. The van der Waals surface area contributed by atoms with Gasteiger partial charge >= 0.3 is 0 Å². The molecule has 0 aliphatic carbocycles. The number of hydrogen-bond donors (Lipinski definition) is 2. The van der Waals surface area contributed by atoms with Crippen molar-refractivity contribution < 1.29 is 4.84 Å². The number of nitrogen functional groups attached to an aromatic ring is 1. The van der Waals surface area contributed by atoms with Crippen molar-refractivity contribution in [3.05, 3.63) is 54.0 Å². The molecule has 20 heavy (non-hydrogen) atoms. The molecular formula is C14H17N5O. The topological polar surface area (TPSA) is 85.4 Å². The number of rotatable bonds is 2. The summed E-state index contributed by atoms with van der Waals surface area (Å²) < 4.78 is 0. The molecule has 6 nitrogen and oxygen atoms in total. The summed E-state index contributed by atoms with van der Waals surface area (Å²) in [6, 6.07) is 9.70. The van der Waals surface area contributed by atoms with Crippen LogP contribution in [0, 0.1) is 0 Å². The molecule has 0 spiro atoms. The van der Waals surface area contributed by atoms with Crippen LogP contribution in [0.4, 0.5) is 5.82 Å². The number of nitrogens with zero attached hydrogens (tertiary/aromatic N) is 3. The molecule has 3 N–H and O–H groups in total. The molecule has 2 heterocycles. The van der Waals surface area contributed by atoms with Gasteiger partial charge in [0.05, 0.1) is 0 Å². The number of aromatic nitrogens is 2. The van der Waals surface area contributed by atoms with Gasteiger partial charge in [-0.1, -0.05) is 44.2 Å². The van der Waals surface area contributed by atoms with E-state index in [1.54, 1.807) is 6.20 Å². The molecule has 2 aromatic rings. The summed E-state index contributed by atoms with van der Waals surface area (Å²) in [6.07, 6.45) is 2.71. The fourth-order valence-electron chi connectivity index (χ4n) is 1.68. The maximum absolute atomic E-state index is 5.73. The van der Waals surface area contributed by atoms with Crippen molar-refractivity contribution in [3.63, 3.8) is 0 Å². The number of amidine groups is 1. The first-order valence-corrected chi connectivity index (χ1v) is 6.46. The normalized spacial score (nSPS) is 16.7. The van der Waals surface area contributed by atoms with Crippen molar-refractivity contribution >= 4 is 11.7 Å². The van der Waals surface area contributed by atoms with Crippen molar-refractivity contribution in [3.8, 4) is 0 Å². The van der Waals surface area contributed by atoms with Crippen molar-refractivity contribution in [2.24, 2.45) is 4.99 Å². The van der Waals surface area contributed by atoms with Crippen LogP contribution < -0.4 is 11.2 Å². The highest BCUT2D eigenvalue weighted by atomic mass is 16.7. The Bertz CT molecular complexity index is 585. The second-order valence-electron chi connectivity index (χ2n) is 3.75. The number of anilines is 1. The van der Waals surface area contributed by atoms with E-state index in [0.717, 1.165) is 5.56 Å². The molecule has 1 aliphatic heterocycles. The highest BCUT2D eigenvalue weighted by Gasteiger charge is 2.22. The van der Waals surface area contributed by atoms with Crippen molar-refractivity contribution in [2.45, 2.75) is 20.1 Å². The molecule has 0 bridgehead atoms. The Labute approximate surface area is 117 Å². The number of nitrogens with one attached hydrogen (secondary N) is 1. The minimum atomic E-state index is -0.386. The quantitative estimate of drug-likeness (QED) is 0.873. The second-order valence-corrected chi connectivity index (χ2v) is 3.75. The molecule has 1 unspecified atom stereocenters. The fourth-order valence-corrected chi connectivity index (χ4v) is 1.68. The van der Waals surface area contributed by atoms with E-state index in [4.69, 9.17) is 10.6 Å². The number of hydroxylamine groups is 1. The van der Waals surface area contributed by atoms with Crippen LogP contribution in [0.5, 0.6) is 0 Å². The van der Waals surface area contributed by atoms with Gasteiger partial charge < -0.3 is 5.73 Å². The van der Waals surface area contributed by atoms with Crippen LogP contribution in [0.25, 0.3) is 0 Å². The average Bonchev–Trinajstić information content (AvgIpc) is 3.00. The lowest BCUT2D eigenvalue weighted by Crippen LogP contribution is -2.21. The molecule has 0 saturated heterocycles. The van der Waals surface area contributed by atoms with Crippen molar-refractivity contribution in [2.75, 3.05) is 5.73 Å². The molecule has 1 aromatic heterocycles. The van der Waals surface area contributed by atoms with Crippen molar-refractivity contribution in [1.82, 2.24) is 15.4 Å². The summed E-state index contributed by atoms with van der Waals surface area (Å²) in [5.74, 6) is 0.815. The molecule has 1 atom stereocenters. The summed E-state index contributed by atoms with van der Waals surface area (Å²) >= 11 is 0. The lowest BCUT2D eigenvalue weighted by Gasteiger charge is -2.04. The monoisotopic (exact) mass is 271 g/mol. The maximum Gasteiger partial charge on any atom is 0.202 e. The van der Waals surface area contributed by atoms with Crippen LogP contribution in [-0.4, -0.2) is 15.8 Å². The van der Waals surface area contributed by atoms with E-state index in [1.165, 1.54) is 6.20 Å². The van der Waals surface area contributed by atoms with Gasteiger partial charge in [-0.25, -0.2) is 25.3 Å². The summed E-state index contributed by atoms with van der Waals surface area (Å²) in [6.45, 7) is 4.00. The van der Waals surface area contributed by atoms with Gasteiger partial charge in [0.25, 0.3) is 0 Å². The molecule has 1 aliphatic rings. The van der Waals surface area contributed by atoms with Gasteiger partial charge in [0.2, 0.25) is 6.23 Å². The predicted octanol–water partition coefficient (Wildman–Crippen LogP) is 2.07. The Kier molecular flexibility index (Phi) is 4.62. The van der Waals surface area contributed by atoms with Gasteiger partial charge in [-0.2, -0.15) is 0 Å². The lowest BCUT2D eigenvalue weighted by molar-refractivity contribution is 0.0376. The van der Waals surface area contributed by atoms with Gasteiger partial charge in [-0.05, 0) is 0 Å². The molecule has 0 fully saturated rings. The molecule has 0 amide bonds. The molecule has 6 heteroatoms. The first-order chi connectivity index (χ1) is 9.84.